The largest absolute Gasteiger partial charge is 0.479 e. The van der Waals surface area contributed by atoms with Gasteiger partial charge in [0.05, 0.1) is 7.11 Å². The molecule has 0 radical (unpaired) electrons. The van der Waals surface area contributed by atoms with Gasteiger partial charge in [0, 0.05) is 0 Å². The van der Waals surface area contributed by atoms with Gasteiger partial charge in [-0.15, -0.1) is 0 Å². The fourth-order valence-corrected chi connectivity index (χ4v) is 1.45. The first-order valence-electron chi connectivity index (χ1n) is 5.69. The van der Waals surface area contributed by atoms with Gasteiger partial charge in [0.1, 0.15) is 5.75 Å². The molecule has 17 heavy (non-hydrogen) atoms. The summed E-state index contributed by atoms with van der Waals surface area (Å²) in [4.78, 5) is 11.2. The zero-order valence-electron chi connectivity index (χ0n) is 11.1. The molecular weight excluding hydrogens is 216 g/mol. The van der Waals surface area contributed by atoms with Crippen LogP contribution in [0.1, 0.15) is 33.3 Å². The summed E-state index contributed by atoms with van der Waals surface area (Å²) in [7, 11) is 1.35. The van der Waals surface area contributed by atoms with Crippen molar-refractivity contribution in [2.45, 2.75) is 39.2 Å². The zero-order chi connectivity index (χ0) is 13.1. The molecule has 0 saturated heterocycles. The van der Waals surface area contributed by atoms with E-state index in [2.05, 4.69) is 25.5 Å². The maximum absolute atomic E-state index is 11.2. The summed E-state index contributed by atoms with van der Waals surface area (Å²) < 4.78 is 10.1. The summed E-state index contributed by atoms with van der Waals surface area (Å²) in [5.74, 6) is 0.306. The Bertz CT molecular complexity index is 373. The van der Waals surface area contributed by atoms with Crippen molar-refractivity contribution in [2.24, 2.45) is 0 Å². The molecule has 94 valence electrons. The summed E-state index contributed by atoms with van der Waals surface area (Å²) in [5, 5.41) is 0. The highest BCUT2D eigenvalue weighted by molar-refractivity contribution is 5.74. The van der Waals surface area contributed by atoms with Crippen LogP contribution in [0.25, 0.3) is 0 Å². The lowest BCUT2D eigenvalue weighted by Crippen LogP contribution is -2.24. The monoisotopic (exact) mass is 236 g/mol. The second-order valence-electron chi connectivity index (χ2n) is 5.06. The second-order valence-corrected chi connectivity index (χ2v) is 5.06. The minimum Gasteiger partial charge on any atom is -0.479 e. The van der Waals surface area contributed by atoms with Crippen LogP contribution >= 0.6 is 0 Å². The fraction of sp³-hybridized carbons (Fsp3) is 0.500. The molecule has 1 rings (SSSR count). The van der Waals surface area contributed by atoms with E-state index in [0.717, 1.165) is 0 Å². The van der Waals surface area contributed by atoms with Crippen molar-refractivity contribution in [2.75, 3.05) is 7.11 Å². The van der Waals surface area contributed by atoms with Gasteiger partial charge in [0.15, 0.2) is 6.10 Å². The number of benzene rings is 1. The summed E-state index contributed by atoms with van der Waals surface area (Å²) in [6, 6.07) is 7.78. The molecule has 0 spiro atoms. The van der Waals surface area contributed by atoms with Gasteiger partial charge in [-0.3, -0.25) is 0 Å². The molecule has 0 N–H and O–H groups in total. The number of hydrogen-bond donors (Lipinski definition) is 0. The van der Waals surface area contributed by atoms with Crippen LogP contribution in [-0.4, -0.2) is 19.2 Å². The van der Waals surface area contributed by atoms with Crippen LogP contribution in [0, 0.1) is 0 Å². The molecule has 1 aromatic rings. The van der Waals surface area contributed by atoms with Crippen molar-refractivity contribution in [3.8, 4) is 5.75 Å². The first-order chi connectivity index (χ1) is 7.84. The molecule has 0 fully saturated rings. The van der Waals surface area contributed by atoms with Crippen LogP contribution in [0.15, 0.2) is 24.3 Å². The minimum atomic E-state index is -0.583. The van der Waals surface area contributed by atoms with Crippen molar-refractivity contribution in [1.82, 2.24) is 0 Å². The summed E-state index contributed by atoms with van der Waals surface area (Å²) in [6.07, 6.45) is -0.583. The van der Waals surface area contributed by atoms with Gasteiger partial charge in [-0.25, -0.2) is 4.79 Å². The number of carbonyl (C=O) groups excluding carboxylic acids is 1. The zero-order valence-corrected chi connectivity index (χ0v) is 11.1. The SMILES string of the molecule is COC(=O)[C@@H](C)Oc1ccc(C(C)(C)C)cc1. The van der Waals surface area contributed by atoms with Gasteiger partial charge < -0.3 is 9.47 Å². The Hall–Kier alpha value is -1.51. The fourth-order valence-electron chi connectivity index (χ4n) is 1.45. The Kier molecular flexibility index (Phi) is 4.16. The van der Waals surface area contributed by atoms with Crippen LogP contribution < -0.4 is 4.74 Å². The molecule has 0 bridgehead atoms. The summed E-state index contributed by atoms with van der Waals surface area (Å²) in [6.45, 7) is 8.13. The van der Waals surface area contributed by atoms with Gasteiger partial charge in [-0.1, -0.05) is 32.9 Å². The molecule has 1 atom stereocenters. The molecule has 0 unspecified atom stereocenters. The highest BCUT2D eigenvalue weighted by Crippen LogP contribution is 2.24. The van der Waals surface area contributed by atoms with E-state index in [9.17, 15) is 4.79 Å². The third-order valence-electron chi connectivity index (χ3n) is 2.57. The molecule has 0 aliphatic carbocycles. The van der Waals surface area contributed by atoms with E-state index in [-0.39, 0.29) is 11.4 Å². The average Bonchev–Trinajstić information content (AvgIpc) is 2.27. The van der Waals surface area contributed by atoms with Gasteiger partial charge in [0.25, 0.3) is 0 Å². The average molecular weight is 236 g/mol. The molecule has 0 aromatic heterocycles. The molecule has 0 aliphatic rings. The Balaban J connectivity index is 2.72. The number of ether oxygens (including phenoxy) is 2. The topological polar surface area (TPSA) is 35.5 Å². The molecule has 0 aliphatic heterocycles. The van der Waals surface area contributed by atoms with Crippen molar-refractivity contribution in [1.29, 1.82) is 0 Å². The number of methoxy groups -OCH3 is 1. The number of rotatable bonds is 3. The van der Waals surface area contributed by atoms with Gasteiger partial charge >= 0.3 is 5.97 Å². The third kappa shape index (κ3) is 3.77. The Morgan fingerprint density at radius 3 is 2.12 bits per heavy atom. The number of carbonyl (C=O) groups is 1. The molecular formula is C14H20O3. The normalized spacial score (nSPS) is 13.0. The molecule has 3 heteroatoms. The van der Waals surface area contributed by atoms with Crippen LogP contribution in [-0.2, 0) is 14.9 Å². The van der Waals surface area contributed by atoms with Crippen LogP contribution in [0.5, 0.6) is 5.75 Å². The maximum Gasteiger partial charge on any atom is 0.346 e. The van der Waals surface area contributed by atoms with Crippen molar-refractivity contribution < 1.29 is 14.3 Å². The number of hydrogen-bond acceptors (Lipinski definition) is 3. The van der Waals surface area contributed by atoms with Crippen molar-refractivity contribution >= 4 is 5.97 Å². The molecule has 0 saturated carbocycles. The molecule has 0 heterocycles. The van der Waals surface area contributed by atoms with Gasteiger partial charge in [-0.2, -0.15) is 0 Å². The van der Waals surface area contributed by atoms with Gasteiger partial charge in [-0.05, 0) is 30.0 Å². The maximum atomic E-state index is 11.2. The van der Waals surface area contributed by atoms with E-state index >= 15 is 0 Å². The lowest BCUT2D eigenvalue weighted by Gasteiger charge is -2.19. The molecule has 3 nitrogen and oxygen atoms in total. The predicted molar refractivity (Wildman–Crippen MR) is 67.2 cm³/mol. The van der Waals surface area contributed by atoms with Crippen LogP contribution in [0.2, 0.25) is 0 Å². The van der Waals surface area contributed by atoms with E-state index < -0.39 is 6.10 Å². The first-order valence-corrected chi connectivity index (χ1v) is 5.69. The molecule has 1 aromatic carbocycles. The lowest BCUT2D eigenvalue weighted by atomic mass is 9.87. The third-order valence-corrected chi connectivity index (χ3v) is 2.57. The highest BCUT2D eigenvalue weighted by Gasteiger charge is 2.16. The van der Waals surface area contributed by atoms with Crippen LogP contribution in [0.3, 0.4) is 0 Å². The number of esters is 1. The van der Waals surface area contributed by atoms with Crippen molar-refractivity contribution in [3.05, 3.63) is 29.8 Å². The lowest BCUT2D eigenvalue weighted by molar-refractivity contribution is -0.147. The Morgan fingerprint density at radius 1 is 1.18 bits per heavy atom. The van der Waals surface area contributed by atoms with E-state index in [1.165, 1.54) is 12.7 Å². The summed E-state index contributed by atoms with van der Waals surface area (Å²) in [5.41, 5.74) is 1.35. The summed E-state index contributed by atoms with van der Waals surface area (Å²) >= 11 is 0. The van der Waals surface area contributed by atoms with Crippen molar-refractivity contribution in [3.63, 3.8) is 0 Å². The Labute approximate surface area is 103 Å². The van der Waals surface area contributed by atoms with E-state index in [4.69, 9.17) is 4.74 Å². The Morgan fingerprint density at radius 2 is 1.71 bits per heavy atom. The quantitative estimate of drug-likeness (QED) is 0.757. The standard InChI is InChI=1S/C14H20O3/c1-10(13(15)16-5)17-12-8-6-11(7-9-12)14(2,3)4/h6-10H,1-5H3/t10-/m1/s1. The van der Waals surface area contributed by atoms with E-state index in [1.54, 1.807) is 6.92 Å². The minimum absolute atomic E-state index is 0.118. The smallest absolute Gasteiger partial charge is 0.346 e. The predicted octanol–water partition coefficient (Wildman–Crippen LogP) is 2.92. The first kappa shape index (κ1) is 13.6. The van der Waals surface area contributed by atoms with Gasteiger partial charge in [0.2, 0.25) is 0 Å². The van der Waals surface area contributed by atoms with E-state index in [1.807, 2.05) is 24.3 Å². The van der Waals surface area contributed by atoms with Crippen LogP contribution in [0.4, 0.5) is 0 Å². The second kappa shape index (κ2) is 5.21. The highest BCUT2D eigenvalue weighted by atomic mass is 16.6. The van der Waals surface area contributed by atoms with E-state index in [0.29, 0.717) is 5.75 Å². The molecule has 0 amide bonds.